The van der Waals surface area contributed by atoms with Crippen molar-refractivity contribution in [3.8, 4) is 10.6 Å². The second-order valence-corrected chi connectivity index (χ2v) is 6.43. The Labute approximate surface area is 128 Å². The van der Waals surface area contributed by atoms with E-state index in [-0.39, 0.29) is 12.4 Å². The lowest BCUT2D eigenvalue weighted by molar-refractivity contribution is 0.115. The van der Waals surface area contributed by atoms with Crippen LogP contribution in [0, 0.1) is 11.7 Å². The maximum atomic E-state index is 12.9. The summed E-state index contributed by atoms with van der Waals surface area (Å²) in [6.07, 6.45) is 2.26. The number of aromatic nitrogens is 1. The van der Waals surface area contributed by atoms with E-state index in [1.165, 1.54) is 12.1 Å². The summed E-state index contributed by atoms with van der Waals surface area (Å²) in [7, 11) is 0. The Hall–Kier alpha value is -1.30. The molecule has 0 aliphatic carbocycles. The summed E-state index contributed by atoms with van der Waals surface area (Å²) in [5.41, 5.74) is 2.01. The first kappa shape index (κ1) is 14.6. The van der Waals surface area contributed by atoms with E-state index in [4.69, 9.17) is 0 Å². The minimum Gasteiger partial charge on any atom is -0.396 e. The molecule has 0 radical (unpaired) electrons. The molecule has 0 amide bonds. The maximum absolute atomic E-state index is 12.9. The monoisotopic (exact) mass is 306 g/mol. The van der Waals surface area contributed by atoms with E-state index >= 15 is 0 Å². The number of rotatable bonds is 4. The smallest absolute Gasteiger partial charge is 0.123 e. The molecule has 1 saturated heterocycles. The summed E-state index contributed by atoms with van der Waals surface area (Å²) < 4.78 is 12.9. The number of aliphatic hydroxyl groups excluding tert-OH is 1. The van der Waals surface area contributed by atoms with Crippen LogP contribution in [-0.2, 0) is 6.54 Å². The highest BCUT2D eigenvalue weighted by Gasteiger charge is 2.20. The van der Waals surface area contributed by atoms with E-state index in [0.29, 0.717) is 5.92 Å². The molecule has 1 atom stereocenters. The van der Waals surface area contributed by atoms with E-state index in [2.05, 4.69) is 15.3 Å². The third-order valence-electron chi connectivity index (χ3n) is 3.89. The molecule has 1 aliphatic rings. The van der Waals surface area contributed by atoms with Crippen molar-refractivity contribution >= 4 is 11.3 Å². The average Bonchev–Trinajstić information content (AvgIpc) is 2.96. The highest BCUT2D eigenvalue weighted by Crippen LogP contribution is 2.25. The van der Waals surface area contributed by atoms with E-state index < -0.39 is 0 Å². The predicted molar refractivity (Wildman–Crippen MR) is 82.6 cm³/mol. The van der Waals surface area contributed by atoms with Crippen molar-refractivity contribution in [2.45, 2.75) is 19.4 Å². The minimum absolute atomic E-state index is 0.223. The first-order valence-electron chi connectivity index (χ1n) is 7.28. The van der Waals surface area contributed by atoms with Gasteiger partial charge < -0.3 is 5.11 Å². The van der Waals surface area contributed by atoms with Gasteiger partial charge in [-0.05, 0) is 49.6 Å². The van der Waals surface area contributed by atoms with Gasteiger partial charge in [0.15, 0.2) is 0 Å². The van der Waals surface area contributed by atoms with Crippen LogP contribution in [0.5, 0.6) is 0 Å². The topological polar surface area (TPSA) is 36.4 Å². The lowest BCUT2D eigenvalue weighted by Gasteiger charge is -2.31. The summed E-state index contributed by atoms with van der Waals surface area (Å²) in [5, 5.41) is 12.3. The molecule has 0 spiro atoms. The molecular weight excluding hydrogens is 287 g/mol. The van der Waals surface area contributed by atoms with Crippen molar-refractivity contribution in [1.82, 2.24) is 9.88 Å². The van der Waals surface area contributed by atoms with Crippen LogP contribution < -0.4 is 0 Å². The fourth-order valence-electron chi connectivity index (χ4n) is 2.78. The molecule has 1 aromatic carbocycles. The molecule has 1 aliphatic heterocycles. The summed E-state index contributed by atoms with van der Waals surface area (Å²) in [4.78, 5) is 7.00. The van der Waals surface area contributed by atoms with Crippen LogP contribution in [0.3, 0.4) is 0 Å². The molecule has 0 bridgehead atoms. The Bertz CT molecular complexity index is 584. The Balaban J connectivity index is 1.66. The number of likely N-dealkylation sites (tertiary alicyclic amines) is 1. The van der Waals surface area contributed by atoms with Crippen molar-refractivity contribution in [3.63, 3.8) is 0 Å². The second-order valence-electron chi connectivity index (χ2n) is 5.58. The molecule has 1 fully saturated rings. The molecule has 1 N–H and O–H groups in total. The van der Waals surface area contributed by atoms with E-state index in [9.17, 15) is 9.50 Å². The first-order chi connectivity index (χ1) is 10.2. The lowest BCUT2D eigenvalue weighted by Crippen LogP contribution is -2.36. The van der Waals surface area contributed by atoms with Crippen molar-refractivity contribution < 1.29 is 9.50 Å². The standard InChI is InChI=1S/C16H19FN2OS/c17-14-5-3-13(4-6-14)16-18-15(11-21-16)9-19-7-1-2-12(8-19)10-20/h3-6,11-12,20H,1-2,7-10H2/t12-/m1/s1. The number of hydrogen-bond donors (Lipinski definition) is 1. The first-order valence-corrected chi connectivity index (χ1v) is 8.16. The second kappa shape index (κ2) is 6.64. The molecule has 112 valence electrons. The third-order valence-corrected chi connectivity index (χ3v) is 4.83. The summed E-state index contributed by atoms with van der Waals surface area (Å²) in [6, 6.07) is 6.46. The Morgan fingerprint density at radius 1 is 1.33 bits per heavy atom. The Kier molecular flexibility index (Phi) is 4.63. The third kappa shape index (κ3) is 3.67. The molecule has 21 heavy (non-hydrogen) atoms. The minimum atomic E-state index is -0.223. The van der Waals surface area contributed by atoms with Crippen LogP contribution in [0.4, 0.5) is 4.39 Å². The van der Waals surface area contributed by atoms with Crippen LogP contribution in [0.25, 0.3) is 10.6 Å². The highest BCUT2D eigenvalue weighted by molar-refractivity contribution is 7.13. The zero-order valence-corrected chi connectivity index (χ0v) is 12.7. The zero-order valence-electron chi connectivity index (χ0n) is 11.8. The number of halogens is 1. The zero-order chi connectivity index (χ0) is 14.7. The van der Waals surface area contributed by atoms with Crippen molar-refractivity contribution in [3.05, 3.63) is 41.2 Å². The van der Waals surface area contributed by atoms with Crippen LogP contribution in [0.2, 0.25) is 0 Å². The molecule has 1 aromatic heterocycles. The van der Waals surface area contributed by atoms with Gasteiger partial charge in [-0.2, -0.15) is 0 Å². The van der Waals surface area contributed by atoms with Gasteiger partial charge in [-0.1, -0.05) is 0 Å². The van der Waals surface area contributed by atoms with Crippen LogP contribution >= 0.6 is 11.3 Å². The van der Waals surface area contributed by atoms with Gasteiger partial charge in [-0.3, -0.25) is 4.90 Å². The molecule has 2 aromatic rings. The van der Waals surface area contributed by atoms with Gasteiger partial charge in [-0.15, -0.1) is 11.3 Å². The normalized spacial score (nSPS) is 19.8. The van der Waals surface area contributed by atoms with Crippen LogP contribution in [0.1, 0.15) is 18.5 Å². The largest absolute Gasteiger partial charge is 0.396 e. The number of thiazole rings is 1. The number of nitrogens with zero attached hydrogens (tertiary/aromatic N) is 2. The fraction of sp³-hybridized carbons (Fsp3) is 0.438. The number of hydrogen-bond acceptors (Lipinski definition) is 4. The van der Waals surface area contributed by atoms with Gasteiger partial charge in [-0.25, -0.2) is 9.37 Å². The van der Waals surface area contributed by atoms with Gasteiger partial charge >= 0.3 is 0 Å². The summed E-state index contributed by atoms with van der Waals surface area (Å²) in [6.45, 7) is 3.11. The SMILES string of the molecule is OC[C@@H]1CCCN(Cc2csc(-c3ccc(F)cc3)n2)C1. The molecular formula is C16H19FN2OS. The Morgan fingerprint density at radius 2 is 2.14 bits per heavy atom. The predicted octanol–water partition coefficient (Wildman–Crippen LogP) is 3.15. The van der Waals surface area contributed by atoms with Gasteiger partial charge in [0.05, 0.1) is 5.69 Å². The number of piperidine rings is 1. The van der Waals surface area contributed by atoms with Gasteiger partial charge in [0.2, 0.25) is 0 Å². The molecule has 3 nitrogen and oxygen atoms in total. The van der Waals surface area contributed by atoms with Gasteiger partial charge in [0.1, 0.15) is 10.8 Å². The molecule has 3 rings (SSSR count). The molecule has 5 heteroatoms. The summed E-state index contributed by atoms with van der Waals surface area (Å²) >= 11 is 1.59. The van der Waals surface area contributed by atoms with Crippen molar-refractivity contribution in [2.75, 3.05) is 19.7 Å². The average molecular weight is 306 g/mol. The van der Waals surface area contributed by atoms with Crippen molar-refractivity contribution in [1.29, 1.82) is 0 Å². The van der Waals surface area contributed by atoms with Crippen LogP contribution in [0.15, 0.2) is 29.6 Å². The molecule has 0 saturated carbocycles. The highest BCUT2D eigenvalue weighted by atomic mass is 32.1. The maximum Gasteiger partial charge on any atom is 0.123 e. The van der Waals surface area contributed by atoms with E-state index in [0.717, 1.165) is 48.7 Å². The summed E-state index contributed by atoms with van der Waals surface area (Å²) in [5.74, 6) is 0.174. The van der Waals surface area contributed by atoms with E-state index in [1.807, 2.05) is 0 Å². The Morgan fingerprint density at radius 3 is 2.90 bits per heavy atom. The lowest BCUT2D eigenvalue weighted by atomic mass is 9.99. The van der Waals surface area contributed by atoms with Gasteiger partial charge in [0.25, 0.3) is 0 Å². The van der Waals surface area contributed by atoms with Crippen LogP contribution in [-0.4, -0.2) is 34.7 Å². The number of aliphatic hydroxyl groups is 1. The van der Waals surface area contributed by atoms with Crippen molar-refractivity contribution in [2.24, 2.45) is 5.92 Å². The van der Waals surface area contributed by atoms with E-state index in [1.54, 1.807) is 23.5 Å². The molecule has 2 heterocycles. The molecule has 0 unspecified atom stereocenters. The number of benzene rings is 1. The quantitative estimate of drug-likeness (QED) is 0.942. The fourth-order valence-corrected chi connectivity index (χ4v) is 3.59. The van der Waals surface area contributed by atoms with Gasteiger partial charge in [0, 0.05) is 30.6 Å².